The SMILES string of the molecule is C#C.CCOc1cc(COC)ccc1[N+](=O)[O-]. The molecule has 17 heavy (non-hydrogen) atoms. The predicted molar refractivity (Wildman–Crippen MR) is 64.9 cm³/mol. The molecule has 0 aliphatic heterocycles. The predicted octanol–water partition coefficient (Wildman–Crippen LogP) is 2.39. The first-order chi connectivity index (χ1) is 8.19. The number of methoxy groups -OCH3 is 1. The number of nitro benzene ring substituents is 1. The van der Waals surface area contributed by atoms with Gasteiger partial charge in [0.2, 0.25) is 0 Å². The van der Waals surface area contributed by atoms with Crippen molar-refractivity contribution in [3.63, 3.8) is 0 Å². The third-order valence-electron chi connectivity index (χ3n) is 1.83. The zero-order chi connectivity index (χ0) is 13.3. The van der Waals surface area contributed by atoms with Crippen molar-refractivity contribution >= 4 is 5.69 Å². The number of terminal acetylenes is 1. The van der Waals surface area contributed by atoms with Crippen LogP contribution >= 0.6 is 0 Å². The summed E-state index contributed by atoms with van der Waals surface area (Å²) in [4.78, 5) is 10.2. The first-order valence-electron chi connectivity index (χ1n) is 4.91. The van der Waals surface area contributed by atoms with Gasteiger partial charge in [0.15, 0.2) is 5.75 Å². The Labute approximate surface area is 101 Å². The van der Waals surface area contributed by atoms with E-state index in [9.17, 15) is 10.1 Å². The second-order valence-corrected chi connectivity index (χ2v) is 2.93. The van der Waals surface area contributed by atoms with Crippen LogP contribution in [0.1, 0.15) is 12.5 Å². The lowest BCUT2D eigenvalue weighted by Gasteiger charge is -2.06. The van der Waals surface area contributed by atoms with Gasteiger partial charge in [-0.3, -0.25) is 10.1 Å². The van der Waals surface area contributed by atoms with E-state index in [1.54, 1.807) is 26.2 Å². The van der Waals surface area contributed by atoms with Crippen LogP contribution in [0.3, 0.4) is 0 Å². The lowest BCUT2D eigenvalue weighted by molar-refractivity contribution is -0.385. The van der Waals surface area contributed by atoms with Gasteiger partial charge in [0.05, 0.1) is 18.1 Å². The Hall–Kier alpha value is -2.06. The van der Waals surface area contributed by atoms with E-state index in [4.69, 9.17) is 9.47 Å². The van der Waals surface area contributed by atoms with Crippen molar-refractivity contribution < 1.29 is 14.4 Å². The van der Waals surface area contributed by atoms with Crippen LogP contribution in [0.25, 0.3) is 0 Å². The van der Waals surface area contributed by atoms with Crippen LogP contribution in [0.4, 0.5) is 5.69 Å². The number of benzene rings is 1. The summed E-state index contributed by atoms with van der Waals surface area (Å²) in [5, 5.41) is 10.7. The van der Waals surface area contributed by atoms with E-state index in [-0.39, 0.29) is 11.4 Å². The van der Waals surface area contributed by atoms with E-state index in [0.717, 1.165) is 5.56 Å². The van der Waals surface area contributed by atoms with Crippen LogP contribution in [0, 0.1) is 23.0 Å². The lowest BCUT2D eigenvalue weighted by Crippen LogP contribution is -1.99. The Morgan fingerprint density at radius 1 is 1.41 bits per heavy atom. The quantitative estimate of drug-likeness (QED) is 0.448. The van der Waals surface area contributed by atoms with Crippen molar-refractivity contribution in [3.05, 3.63) is 33.9 Å². The fraction of sp³-hybridized carbons (Fsp3) is 0.333. The zero-order valence-electron chi connectivity index (χ0n) is 9.88. The molecule has 0 amide bonds. The average Bonchev–Trinajstić information content (AvgIpc) is 2.32. The molecule has 1 aromatic rings. The van der Waals surface area contributed by atoms with Crippen LogP contribution < -0.4 is 4.74 Å². The van der Waals surface area contributed by atoms with E-state index >= 15 is 0 Å². The molecule has 0 unspecified atom stereocenters. The molecule has 0 fully saturated rings. The van der Waals surface area contributed by atoms with Crippen molar-refractivity contribution in [2.75, 3.05) is 13.7 Å². The maximum atomic E-state index is 10.7. The molecule has 0 saturated carbocycles. The number of hydrogen-bond donors (Lipinski definition) is 0. The fourth-order valence-electron chi connectivity index (χ4n) is 1.24. The molecule has 0 aliphatic carbocycles. The molecule has 0 aliphatic rings. The van der Waals surface area contributed by atoms with E-state index < -0.39 is 4.92 Å². The average molecular weight is 237 g/mol. The monoisotopic (exact) mass is 237 g/mol. The second-order valence-electron chi connectivity index (χ2n) is 2.93. The van der Waals surface area contributed by atoms with E-state index in [1.165, 1.54) is 6.07 Å². The first kappa shape index (κ1) is 14.9. The minimum absolute atomic E-state index is 0.0169. The molecular formula is C12H15NO4. The van der Waals surface area contributed by atoms with Gasteiger partial charge in [0.1, 0.15) is 0 Å². The van der Waals surface area contributed by atoms with Gasteiger partial charge in [-0.1, -0.05) is 0 Å². The minimum Gasteiger partial charge on any atom is -0.487 e. The van der Waals surface area contributed by atoms with Crippen LogP contribution in [0.2, 0.25) is 0 Å². The van der Waals surface area contributed by atoms with Gasteiger partial charge >= 0.3 is 5.69 Å². The van der Waals surface area contributed by atoms with E-state index in [0.29, 0.717) is 13.2 Å². The summed E-state index contributed by atoms with van der Waals surface area (Å²) < 4.78 is 10.1. The zero-order valence-corrected chi connectivity index (χ0v) is 9.88. The Bertz CT molecular complexity index is 387. The normalized spacial score (nSPS) is 8.94. The molecule has 0 aromatic heterocycles. The summed E-state index contributed by atoms with van der Waals surface area (Å²) in [5.74, 6) is 0.289. The third-order valence-corrected chi connectivity index (χ3v) is 1.83. The Morgan fingerprint density at radius 3 is 2.53 bits per heavy atom. The van der Waals surface area contributed by atoms with Crippen molar-refractivity contribution in [2.24, 2.45) is 0 Å². The summed E-state index contributed by atoms with van der Waals surface area (Å²) in [7, 11) is 1.57. The van der Waals surface area contributed by atoms with Gasteiger partial charge in [-0.05, 0) is 24.6 Å². The third kappa shape index (κ3) is 4.53. The lowest BCUT2D eigenvalue weighted by atomic mass is 10.2. The summed E-state index contributed by atoms with van der Waals surface area (Å²) in [6, 6.07) is 4.72. The van der Waals surface area contributed by atoms with Gasteiger partial charge in [-0.15, -0.1) is 12.8 Å². The maximum Gasteiger partial charge on any atom is 0.310 e. The van der Waals surface area contributed by atoms with Crippen molar-refractivity contribution in [3.8, 4) is 18.6 Å². The number of nitrogens with zero attached hydrogens (tertiary/aromatic N) is 1. The van der Waals surface area contributed by atoms with E-state index in [2.05, 4.69) is 12.8 Å². The van der Waals surface area contributed by atoms with Crippen molar-refractivity contribution in [1.82, 2.24) is 0 Å². The van der Waals surface area contributed by atoms with Crippen LogP contribution in [0.15, 0.2) is 18.2 Å². The topological polar surface area (TPSA) is 61.6 Å². The number of hydrogen-bond acceptors (Lipinski definition) is 4. The van der Waals surface area contributed by atoms with E-state index in [1.807, 2.05) is 0 Å². The molecule has 0 heterocycles. The van der Waals surface area contributed by atoms with Crippen molar-refractivity contribution in [2.45, 2.75) is 13.5 Å². The van der Waals surface area contributed by atoms with Gasteiger partial charge in [0, 0.05) is 13.2 Å². The standard InChI is InChI=1S/C10H13NO4.C2H2/c1-3-15-10-6-8(7-14-2)4-5-9(10)11(12)13;1-2/h4-6H,3,7H2,1-2H3;1-2H. The summed E-state index contributed by atoms with van der Waals surface area (Å²) in [6.45, 7) is 2.60. The molecule has 92 valence electrons. The molecule has 5 nitrogen and oxygen atoms in total. The Morgan fingerprint density at radius 2 is 2.06 bits per heavy atom. The molecule has 0 saturated heterocycles. The number of nitro groups is 1. The molecule has 0 N–H and O–H groups in total. The summed E-state index contributed by atoms with van der Waals surface area (Å²) in [6.07, 6.45) is 8.00. The van der Waals surface area contributed by atoms with Crippen LogP contribution in [-0.2, 0) is 11.3 Å². The molecule has 0 atom stereocenters. The highest BCUT2D eigenvalue weighted by atomic mass is 16.6. The Balaban J connectivity index is 0.00000121. The highest BCUT2D eigenvalue weighted by Crippen LogP contribution is 2.28. The smallest absolute Gasteiger partial charge is 0.310 e. The maximum absolute atomic E-state index is 10.7. The highest BCUT2D eigenvalue weighted by molar-refractivity contribution is 5.48. The number of ether oxygens (including phenoxy) is 2. The Kier molecular flexibility index (Phi) is 7.15. The highest BCUT2D eigenvalue weighted by Gasteiger charge is 2.14. The van der Waals surface area contributed by atoms with Crippen molar-refractivity contribution in [1.29, 1.82) is 0 Å². The second kappa shape index (κ2) is 8.13. The first-order valence-corrected chi connectivity index (χ1v) is 4.91. The summed E-state index contributed by atoms with van der Waals surface area (Å²) >= 11 is 0. The molecule has 1 rings (SSSR count). The molecule has 0 spiro atoms. The number of rotatable bonds is 5. The molecule has 0 bridgehead atoms. The minimum atomic E-state index is -0.457. The summed E-state index contributed by atoms with van der Waals surface area (Å²) in [5.41, 5.74) is 0.836. The molecule has 0 radical (unpaired) electrons. The van der Waals surface area contributed by atoms with Crippen LogP contribution in [-0.4, -0.2) is 18.6 Å². The molecule has 1 aromatic carbocycles. The van der Waals surface area contributed by atoms with Gasteiger partial charge in [0.25, 0.3) is 0 Å². The molecule has 5 heteroatoms. The van der Waals surface area contributed by atoms with Gasteiger partial charge in [-0.2, -0.15) is 0 Å². The van der Waals surface area contributed by atoms with Crippen LogP contribution in [0.5, 0.6) is 5.75 Å². The van der Waals surface area contributed by atoms with Gasteiger partial charge in [-0.25, -0.2) is 0 Å². The fourth-order valence-corrected chi connectivity index (χ4v) is 1.24. The molecular weight excluding hydrogens is 222 g/mol. The van der Waals surface area contributed by atoms with Gasteiger partial charge < -0.3 is 9.47 Å². The largest absolute Gasteiger partial charge is 0.487 e.